The Morgan fingerprint density at radius 3 is 2.58 bits per heavy atom. The number of rotatable bonds is 3. The van der Waals surface area contributed by atoms with E-state index in [0.717, 1.165) is 16.9 Å². The average Bonchev–Trinajstić information content (AvgIpc) is 3.07. The third-order valence-electron chi connectivity index (χ3n) is 3.58. The van der Waals surface area contributed by atoms with Crippen molar-refractivity contribution in [1.82, 2.24) is 19.4 Å². The Morgan fingerprint density at radius 1 is 0.958 bits per heavy atom. The predicted octanol–water partition coefficient (Wildman–Crippen LogP) is 3.04. The van der Waals surface area contributed by atoms with Crippen molar-refractivity contribution < 1.29 is 4.79 Å². The maximum absolute atomic E-state index is 12.3. The van der Waals surface area contributed by atoms with E-state index >= 15 is 0 Å². The van der Waals surface area contributed by atoms with Crippen molar-refractivity contribution in [3.8, 4) is 11.3 Å². The lowest BCUT2D eigenvalue weighted by Gasteiger charge is -2.08. The van der Waals surface area contributed by atoms with Crippen molar-refractivity contribution in [2.75, 3.05) is 5.32 Å². The summed E-state index contributed by atoms with van der Waals surface area (Å²) in [5, 5.41) is 2.86. The van der Waals surface area contributed by atoms with E-state index in [4.69, 9.17) is 0 Å². The lowest BCUT2D eigenvalue weighted by Crippen LogP contribution is -2.15. The molecule has 0 saturated carbocycles. The molecule has 0 aliphatic heterocycles. The average molecular weight is 315 g/mol. The van der Waals surface area contributed by atoms with Gasteiger partial charge in [-0.3, -0.25) is 4.79 Å². The summed E-state index contributed by atoms with van der Waals surface area (Å²) in [4.78, 5) is 24.9. The van der Waals surface area contributed by atoms with Crippen molar-refractivity contribution in [2.45, 2.75) is 0 Å². The molecular weight excluding hydrogens is 302 g/mol. The molecule has 0 bridgehead atoms. The van der Waals surface area contributed by atoms with Gasteiger partial charge in [0.2, 0.25) is 5.82 Å². The van der Waals surface area contributed by atoms with Gasteiger partial charge in [-0.25, -0.2) is 15.0 Å². The zero-order chi connectivity index (χ0) is 16.4. The van der Waals surface area contributed by atoms with E-state index < -0.39 is 0 Å². The molecule has 24 heavy (non-hydrogen) atoms. The van der Waals surface area contributed by atoms with Crippen LogP contribution in [0, 0.1) is 0 Å². The standard InChI is InChI=1S/C18H13N5O/c24-18(17-19-9-5-10-20-17)22-14-7-2-1-6-13(14)15-12-23-11-4-3-8-16(23)21-15/h1-12H,(H,22,24). The second-order valence-electron chi connectivity index (χ2n) is 5.16. The van der Waals surface area contributed by atoms with Crippen LogP contribution in [0.25, 0.3) is 16.9 Å². The normalized spacial score (nSPS) is 10.7. The van der Waals surface area contributed by atoms with E-state index in [2.05, 4.69) is 20.3 Å². The molecule has 116 valence electrons. The van der Waals surface area contributed by atoms with Crippen molar-refractivity contribution >= 4 is 17.2 Å². The third-order valence-corrected chi connectivity index (χ3v) is 3.58. The predicted molar refractivity (Wildman–Crippen MR) is 90.6 cm³/mol. The molecular formula is C18H13N5O. The second kappa shape index (κ2) is 5.92. The van der Waals surface area contributed by atoms with Gasteiger partial charge in [0.15, 0.2) is 0 Å². The Labute approximate surface area is 137 Å². The maximum Gasteiger partial charge on any atom is 0.293 e. The summed E-state index contributed by atoms with van der Waals surface area (Å²) in [5.41, 5.74) is 3.13. The number of carbonyl (C=O) groups is 1. The fraction of sp³-hybridized carbons (Fsp3) is 0. The van der Waals surface area contributed by atoms with E-state index in [1.165, 1.54) is 12.4 Å². The molecule has 1 amide bonds. The first-order valence-electron chi connectivity index (χ1n) is 7.43. The summed E-state index contributed by atoms with van der Waals surface area (Å²) in [6.07, 6.45) is 6.94. The Bertz CT molecular complexity index is 977. The smallest absolute Gasteiger partial charge is 0.293 e. The third kappa shape index (κ3) is 2.61. The number of amides is 1. The lowest BCUT2D eigenvalue weighted by molar-refractivity contribution is 0.101. The molecule has 3 heterocycles. The van der Waals surface area contributed by atoms with Crippen molar-refractivity contribution in [1.29, 1.82) is 0 Å². The van der Waals surface area contributed by atoms with Crippen LogP contribution in [0.4, 0.5) is 5.69 Å². The molecule has 0 unspecified atom stereocenters. The molecule has 1 aromatic carbocycles. The number of hydrogen-bond donors (Lipinski definition) is 1. The number of nitrogens with one attached hydrogen (secondary N) is 1. The summed E-state index contributed by atoms with van der Waals surface area (Å²) in [5.74, 6) is -0.228. The van der Waals surface area contributed by atoms with Crippen molar-refractivity contribution in [3.63, 3.8) is 0 Å². The Hall–Kier alpha value is -3.54. The zero-order valence-corrected chi connectivity index (χ0v) is 12.6. The van der Waals surface area contributed by atoms with Crippen molar-refractivity contribution in [2.24, 2.45) is 0 Å². The van der Waals surface area contributed by atoms with Crippen LogP contribution in [-0.4, -0.2) is 25.3 Å². The topological polar surface area (TPSA) is 72.2 Å². The number of hydrogen-bond acceptors (Lipinski definition) is 4. The number of benzene rings is 1. The van der Waals surface area contributed by atoms with Crippen molar-refractivity contribution in [3.05, 3.63) is 79.1 Å². The summed E-state index contributed by atoms with van der Waals surface area (Å²) in [6, 6.07) is 15.0. The molecule has 0 radical (unpaired) electrons. The summed E-state index contributed by atoms with van der Waals surface area (Å²) >= 11 is 0. The van der Waals surface area contributed by atoms with Gasteiger partial charge >= 0.3 is 0 Å². The minimum Gasteiger partial charge on any atom is -0.319 e. The number of pyridine rings is 1. The first kappa shape index (κ1) is 14.1. The highest BCUT2D eigenvalue weighted by Gasteiger charge is 2.13. The van der Waals surface area contributed by atoms with E-state index in [1.54, 1.807) is 6.07 Å². The number of anilines is 1. The molecule has 6 heteroatoms. The van der Waals surface area contributed by atoms with E-state index in [0.29, 0.717) is 5.69 Å². The highest BCUT2D eigenvalue weighted by molar-refractivity contribution is 6.03. The number of carbonyl (C=O) groups excluding carboxylic acids is 1. The molecule has 3 aromatic heterocycles. The molecule has 0 spiro atoms. The van der Waals surface area contributed by atoms with Crippen LogP contribution >= 0.6 is 0 Å². The number of para-hydroxylation sites is 1. The summed E-state index contributed by atoms with van der Waals surface area (Å²) < 4.78 is 1.94. The van der Waals surface area contributed by atoms with Gasteiger partial charge in [-0.2, -0.15) is 0 Å². The molecule has 0 aliphatic rings. The zero-order valence-electron chi connectivity index (χ0n) is 12.6. The highest BCUT2D eigenvalue weighted by atomic mass is 16.2. The van der Waals surface area contributed by atoms with Crippen LogP contribution in [0.2, 0.25) is 0 Å². The summed E-state index contributed by atoms with van der Waals surface area (Å²) in [6.45, 7) is 0. The van der Waals surface area contributed by atoms with Crippen LogP contribution in [0.3, 0.4) is 0 Å². The van der Waals surface area contributed by atoms with Gasteiger partial charge in [0.1, 0.15) is 5.65 Å². The number of aromatic nitrogens is 4. The van der Waals surface area contributed by atoms with Gasteiger partial charge < -0.3 is 9.72 Å². The van der Waals surface area contributed by atoms with E-state index in [9.17, 15) is 4.79 Å². The van der Waals surface area contributed by atoms with Crippen LogP contribution in [0.15, 0.2) is 73.3 Å². The SMILES string of the molecule is O=C(Nc1ccccc1-c1cn2ccccc2n1)c1ncccn1. The number of fused-ring (bicyclic) bond motifs is 1. The molecule has 4 aromatic rings. The maximum atomic E-state index is 12.3. The minimum atomic E-state index is -0.355. The van der Waals surface area contributed by atoms with Gasteiger partial charge in [-0.15, -0.1) is 0 Å². The molecule has 0 saturated heterocycles. The minimum absolute atomic E-state index is 0.127. The van der Waals surface area contributed by atoms with Crippen LogP contribution in [-0.2, 0) is 0 Å². The molecule has 6 nitrogen and oxygen atoms in total. The number of nitrogens with zero attached hydrogens (tertiary/aromatic N) is 4. The fourth-order valence-electron chi connectivity index (χ4n) is 2.47. The second-order valence-corrected chi connectivity index (χ2v) is 5.16. The highest BCUT2D eigenvalue weighted by Crippen LogP contribution is 2.27. The van der Waals surface area contributed by atoms with Gasteiger partial charge in [-0.05, 0) is 24.3 Å². The van der Waals surface area contributed by atoms with Crippen LogP contribution in [0.1, 0.15) is 10.6 Å². The van der Waals surface area contributed by atoms with Gasteiger partial charge in [0.25, 0.3) is 5.91 Å². The van der Waals surface area contributed by atoms with Crippen LogP contribution in [0.5, 0.6) is 0 Å². The fourth-order valence-corrected chi connectivity index (χ4v) is 2.47. The molecule has 0 fully saturated rings. The van der Waals surface area contributed by atoms with E-state index in [1.807, 2.05) is 59.3 Å². The molecule has 0 aliphatic carbocycles. The Kier molecular flexibility index (Phi) is 3.47. The lowest BCUT2D eigenvalue weighted by atomic mass is 10.1. The largest absolute Gasteiger partial charge is 0.319 e. The Balaban J connectivity index is 1.71. The quantitative estimate of drug-likeness (QED) is 0.631. The van der Waals surface area contributed by atoms with Gasteiger partial charge in [0.05, 0.1) is 11.4 Å². The summed E-state index contributed by atoms with van der Waals surface area (Å²) in [7, 11) is 0. The van der Waals surface area contributed by atoms with Gasteiger partial charge in [0, 0.05) is 30.4 Å². The van der Waals surface area contributed by atoms with Crippen LogP contribution < -0.4 is 5.32 Å². The van der Waals surface area contributed by atoms with E-state index in [-0.39, 0.29) is 11.7 Å². The molecule has 1 N–H and O–H groups in total. The first-order chi connectivity index (χ1) is 11.8. The molecule has 0 atom stereocenters. The number of imidazole rings is 1. The first-order valence-corrected chi connectivity index (χ1v) is 7.43. The monoisotopic (exact) mass is 315 g/mol. The van der Waals surface area contributed by atoms with Gasteiger partial charge in [-0.1, -0.05) is 24.3 Å². The molecule has 4 rings (SSSR count). The Morgan fingerprint density at radius 2 is 1.75 bits per heavy atom.